The van der Waals surface area contributed by atoms with Crippen molar-refractivity contribution in [3.63, 3.8) is 0 Å². The van der Waals surface area contributed by atoms with E-state index >= 15 is 0 Å². The van der Waals surface area contributed by atoms with Crippen molar-refractivity contribution < 1.29 is 32.3 Å². The Bertz CT molecular complexity index is 1420. The second kappa shape index (κ2) is 9.39. The molecule has 2 aromatic heterocycles. The number of hydrogen-bond acceptors (Lipinski definition) is 6. The van der Waals surface area contributed by atoms with E-state index in [1.54, 1.807) is 11.0 Å². The van der Waals surface area contributed by atoms with Gasteiger partial charge in [0.1, 0.15) is 15.5 Å². The van der Waals surface area contributed by atoms with Gasteiger partial charge in [-0.05, 0) is 37.1 Å². The van der Waals surface area contributed by atoms with E-state index in [1.165, 1.54) is 29.3 Å². The van der Waals surface area contributed by atoms with Crippen molar-refractivity contribution in [1.82, 2.24) is 15.2 Å². The second-order valence-corrected chi connectivity index (χ2v) is 9.43. The van der Waals surface area contributed by atoms with E-state index in [0.717, 1.165) is 29.9 Å². The van der Waals surface area contributed by atoms with Crippen molar-refractivity contribution in [2.24, 2.45) is 0 Å². The third kappa shape index (κ3) is 4.81. The standard InChI is InChI=1S/C24H20F3N5O4S/c1-2-17(33)31-10-4-5-13(12-31)29-21(34)20-19-18-16(8-9-28-22(18)37-20)32(23(35)30-19)14-6-3-7-15(11-14)36-24(25,26)27/h2-3,6-9,11,13H,1,4-5,10,12H2,(H,29,34)(H,30,35)/t13-/m1/s1. The van der Waals surface area contributed by atoms with Crippen LogP contribution in [0.3, 0.4) is 0 Å². The van der Waals surface area contributed by atoms with E-state index in [2.05, 4.69) is 26.9 Å². The maximum absolute atomic E-state index is 13.2. The molecule has 1 atom stereocenters. The molecule has 0 bridgehead atoms. The average molecular weight is 532 g/mol. The van der Waals surface area contributed by atoms with Gasteiger partial charge in [-0.3, -0.25) is 14.5 Å². The van der Waals surface area contributed by atoms with Gasteiger partial charge < -0.3 is 20.3 Å². The Morgan fingerprint density at radius 1 is 1.30 bits per heavy atom. The molecule has 1 fully saturated rings. The first-order valence-electron chi connectivity index (χ1n) is 11.2. The lowest BCUT2D eigenvalue weighted by atomic mass is 10.1. The zero-order valence-corrected chi connectivity index (χ0v) is 20.0. The molecule has 2 N–H and O–H groups in total. The van der Waals surface area contributed by atoms with Gasteiger partial charge in [-0.1, -0.05) is 12.6 Å². The van der Waals surface area contributed by atoms with Gasteiger partial charge in [0.2, 0.25) is 5.91 Å². The molecule has 9 nitrogen and oxygen atoms in total. The SMILES string of the molecule is C=CC(=O)N1CCC[C@@H](NC(=O)c2sc3nccc4c3c2NC(=O)N4c2cccc(OC(F)(F)F)c2)C1. The lowest BCUT2D eigenvalue weighted by molar-refractivity contribution is -0.274. The summed E-state index contributed by atoms with van der Waals surface area (Å²) in [5.41, 5.74) is 0.784. The Balaban J connectivity index is 1.46. The number of aromatic nitrogens is 1. The lowest BCUT2D eigenvalue weighted by Gasteiger charge is -2.32. The quantitative estimate of drug-likeness (QED) is 0.461. The van der Waals surface area contributed by atoms with Gasteiger partial charge in [0.05, 0.1) is 22.4 Å². The fourth-order valence-electron chi connectivity index (χ4n) is 4.50. The van der Waals surface area contributed by atoms with Gasteiger partial charge in [-0.25, -0.2) is 9.78 Å². The summed E-state index contributed by atoms with van der Waals surface area (Å²) in [5, 5.41) is 6.13. The molecule has 37 heavy (non-hydrogen) atoms. The highest BCUT2D eigenvalue weighted by Crippen LogP contribution is 2.46. The number of anilines is 3. The van der Waals surface area contributed by atoms with Crippen molar-refractivity contribution >= 4 is 56.5 Å². The van der Waals surface area contributed by atoms with Gasteiger partial charge in [0, 0.05) is 31.4 Å². The number of likely N-dealkylation sites (tertiary alicyclic amines) is 1. The number of alkyl halides is 3. The van der Waals surface area contributed by atoms with Crippen LogP contribution < -0.4 is 20.3 Å². The first kappa shape index (κ1) is 24.6. The number of ether oxygens (including phenoxy) is 1. The third-order valence-electron chi connectivity index (χ3n) is 6.00. The minimum absolute atomic E-state index is 0.142. The van der Waals surface area contributed by atoms with E-state index in [4.69, 9.17) is 0 Å². The second-order valence-electron chi connectivity index (χ2n) is 8.43. The number of pyridine rings is 1. The molecule has 13 heteroatoms. The van der Waals surface area contributed by atoms with Gasteiger partial charge in [-0.15, -0.1) is 24.5 Å². The van der Waals surface area contributed by atoms with Crippen LogP contribution in [0.5, 0.6) is 5.75 Å². The van der Waals surface area contributed by atoms with Crippen molar-refractivity contribution in [1.29, 1.82) is 0 Å². The molecule has 0 spiro atoms. The molecule has 1 saturated heterocycles. The monoisotopic (exact) mass is 531 g/mol. The first-order valence-corrected chi connectivity index (χ1v) is 12.1. The summed E-state index contributed by atoms with van der Waals surface area (Å²) >= 11 is 1.09. The highest BCUT2D eigenvalue weighted by molar-refractivity contribution is 7.21. The van der Waals surface area contributed by atoms with Gasteiger partial charge in [0.25, 0.3) is 5.91 Å². The molecule has 0 aliphatic carbocycles. The molecule has 1 aromatic carbocycles. The van der Waals surface area contributed by atoms with E-state index in [1.807, 2.05) is 0 Å². The summed E-state index contributed by atoms with van der Waals surface area (Å²) in [6.07, 6.45) is -0.782. The van der Waals surface area contributed by atoms with Crippen molar-refractivity contribution in [2.45, 2.75) is 25.2 Å². The predicted octanol–water partition coefficient (Wildman–Crippen LogP) is 4.79. The number of carbonyl (C=O) groups excluding carboxylic acids is 3. The molecule has 5 rings (SSSR count). The Kier molecular flexibility index (Phi) is 6.23. The van der Waals surface area contributed by atoms with Crippen molar-refractivity contribution in [3.05, 3.63) is 54.1 Å². The maximum Gasteiger partial charge on any atom is 0.573 e. The number of piperidine rings is 1. The number of amides is 4. The van der Waals surface area contributed by atoms with Gasteiger partial charge in [-0.2, -0.15) is 0 Å². The number of nitrogens with one attached hydrogen (secondary N) is 2. The molecular formula is C24H20F3N5O4S. The number of thiophene rings is 1. The number of rotatable bonds is 5. The van der Waals surface area contributed by atoms with E-state index in [9.17, 15) is 27.6 Å². The first-order chi connectivity index (χ1) is 17.6. The van der Waals surface area contributed by atoms with Crippen LogP contribution in [0.25, 0.3) is 10.2 Å². The fraction of sp³-hybridized carbons (Fsp3) is 0.250. The molecule has 0 saturated carbocycles. The molecule has 2 aliphatic rings. The zero-order chi connectivity index (χ0) is 26.3. The zero-order valence-electron chi connectivity index (χ0n) is 19.2. The Hall–Kier alpha value is -4.13. The summed E-state index contributed by atoms with van der Waals surface area (Å²) in [7, 11) is 0. The van der Waals surface area contributed by atoms with Crippen LogP contribution in [0.15, 0.2) is 49.2 Å². The number of carbonyl (C=O) groups is 3. The molecule has 3 aromatic rings. The van der Waals surface area contributed by atoms with Crippen molar-refractivity contribution in [3.8, 4) is 5.75 Å². The van der Waals surface area contributed by atoms with Crippen molar-refractivity contribution in [2.75, 3.05) is 23.3 Å². The topological polar surface area (TPSA) is 104 Å². The highest BCUT2D eigenvalue weighted by atomic mass is 32.1. The number of urea groups is 1. The minimum Gasteiger partial charge on any atom is -0.406 e. The van der Waals surface area contributed by atoms with Crippen LogP contribution in [-0.2, 0) is 4.79 Å². The Morgan fingerprint density at radius 3 is 2.86 bits per heavy atom. The van der Waals surface area contributed by atoms with Crippen LogP contribution in [0.1, 0.15) is 22.5 Å². The summed E-state index contributed by atoms with van der Waals surface area (Å²) in [4.78, 5) is 46.2. The smallest absolute Gasteiger partial charge is 0.406 e. The van der Waals surface area contributed by atoms with Gasteiger partial charge >= 0.3 is 12.4 Å². The number of nitrogens with zero attached hydrogens (tertiary/aromatic N) is 3. The number of hydrogen-bond donors (Lipinski definition) is 2. The third-order valence-corrected chi connectivity index (χ3v) is 7.10. The van der Waals surface area contributed by atoms with Crippen LogP contribution >= 0.6 is 11.3 Å². The minimum atomic E-state index is -4.89. The van der Waals surface area contributed by atoms with E-state index < -0.39 is 24.1 Å². The normalized spacial score (nSPS) is 17.4. The Morgan fingerprint density at radius 2 is 2.11 bits per heavy atom. The van der Waals surface area contributed by atoms with E-state index in [0.29, 0.717) is 35.4 Å². The molecule has 0 unspecified atom stereocenters. The summed E-state index contributed by atoms with van der Waals surface area (Å²) in [6.45, 7) is 4.43. The summed E-state index contributed by atoms with van der Waals surface area (Å²) in [5.74, 6) is -1.10. The van der Waals surface area contributed by atoms with E-state index in [-0.39, 0.29) is 28.2 Å². The molecule has 4 amide bonds. The lowest BCUT2D eigenvalue weighted by Crippen LogP contribution is -2.49. The fourth-order valence-corrected chi connectivity index (χ4v) is 5.52. The molecule has 192 valence electrons. The number of benzene rings is 1. The molecule has 4 heterocycles. The van der Waals surface area contributed by atoms with Crippen LogP contribution in [0.4, 0.5) is 35.0 Å². The van der Waals surface area contributed by atoms with Crippen LogP contribution in [0, 0.1) is 0 Å². The molecule has 0 radical (unpaired) electrons. The average Bonchev–Trinajstić information content (AvgIpc) is 3.22. The van der Waals surface area contributed by atoms with Crippen LogP contribution in [-0.4, -0.2) is 53.2 Å². The highest BCUT2D eigenvalue weighted by Gasteiger charge is 2.35. The number of halogens is 3. The van der Waals surface area contributed by atoms with Crippen LogP contribution in [0.2, 0.25) is 0 Å². The predicted molar refractivity (Wildman–Crippen MR) is 131 cm³/mol. The Labute approximate surface area is 212 Å². The summed E-state index contributed by atoms with van der Waals surface area (Å²) < 4.78 is 42.1. The van der Waals surface area contributed by atoms with Gasteiger partial charge in [0.15, 0.2) is 0 Å². The summed E-state index contributed by atoms with van der Waals surface area (Å²) in [6, 6.07) is 5.67. The largest absolute Gasteiger partial charge is 0.573 e. The molecular weight excluding hydrogens is 511 g/mol. The molecule has 2 aliphatic heterocycles. The maximum atomic E-state index is 13.2.